The third kappa shape index (κ3) is 2.24. The second-order valence-corrected chi connectivity index (χ2v) is 6.19. The zero-order chi connectivity index (χ0) is 13.4. The molecule has 3 heterocycles. The van der Waals surface area contributed by atoms with Gasteiger partial charge in [0.15, 0.2) is 0 Å². The summed E-state index contributed by atoms with van der Waals surface area (Å²) in [6, 6.07) is 2.16. The number of nitrogens with zero attached hydrogens (tertiary/aromatic N) is 4. The molecule has 5 heteroatoms. The van der Waals surface area contributed by atoms with E-state index in [1.165, 1.54) is 32.4 Å². The SMILES string of the molecule is c1nc(N2CCOCC2)cc(N2CC3CCCC3C2)n1. The molecule has 2 saturated heterocycles. The monoisotopic (exact) mass is 274 g/mol. The topological polar surface area (TPSA) is 41.5 Å². The van der Waals surface area contributed by atoms with Gasteiger partial charge in [0.25, 0.3) is 0 Å². The van der Waals surface area contributed by atoms with Crippen molar-refractivity contribution < 1.29 is 4.74 Å². The van der Waals surface area contributed by atoms with Crippen molar-refractivity contribution in [1.82, 2.24) is 9.97 Å². The van der Waals surface area contributed by atoms with Crippen molar-refractivity contribution in [3.05, 3.63) is 12.4 Å². The van der Waals surface area contributed by atoms with Gasteiger partial charge in [0.1, 0.15) is 18.0 Å². The molecule has 3 aliphatic rings. The summed E-state index contributed by atoms with van der Waals surface area (Å²) in [5, 5.41) is 0. The fourth-order valence-electron chi connectivity index (χ4n) is 3.90. The molecule has 1 saturated carbocycles. The molecule has 0 spiro atoms. The van der Waals surface area contributed by atoms with Gasteiger partial charge in [-0.2, -0.15) is 0 Å². The number of ether oxygens (including phenoxy) is 1. The van der Waals surface area contributed by atoms with Gasteiger partial charge in [0, 0.05) is 32.2 Å². The molecule has 0 bridgehead atoms. The van der Waals surface area contributed by atoms with Crippen molar-refractivity contribution in [3.63, 3.8) is 0 Å². The van der Waals surface area contributed by atoms with E-state index in [1.807, 2.05) is 0 Å². The predicted molar refractivity (Wildman–Crippen MR) is 78.1 cm³/mol. The summed E-state index contributed by atoms with van der Waals surface area (Å²) in [5.41, 5.74) is 0. The van der Waals surface area contributed by atoms with Crippen molar-refractivity contribution in [1.29, 1.82) is 0 Å². The van der Waals surface area contributed by atoms with E-state index in [1.54, 1.807) is 6.33 Å². The summed E-state index contributed by atoms with van der Waals surface area (Å²) >= 11 is 0. The van der Waals surface area contributed by atoms with Crippen molar-refractivity contribution in [2.45, 2.75) is 19.3 Å². The minimum absolute atomic E-state index is 0.799. The Kier molecular flexibility index (Phi) is 3.22. The molecule has 0 radical (unpaired) electrons. The highest BCUT2D eigenvalue weighted by Gasteiger charge is 2.36. The minimum atomic E-state index is 0.799. The lowest BCUT2D eigenvalue weighted by molar-refractivity contribution is 0.122. The quantitative estimate of drug-likeness (QED) is 0.818. The lowest BCUT2D eigenvalue weighted by Gasteiger charge is -2.28. The van der Waals surface area contributed by atoms with Gasteiger partial charge < -0.3 is 14.5 Å². The summed E-state index contributed by atoms with van der Waals surface area (Å²) in [5.74, 6) is 3.96. The molecule has 5 nitrogen and oxygen atoms in total. The van der Waals surface area contributed by atoms with Gasteiger partial charge in [-0.25, -0.2) is 9.97 Å². The van der Waals surface area contributed by atoms with Crippen LogP contribution in [0.4, 0.5) is 11.6 Å². The van der Waals surface area contributed by atoms with Gasteiger partial charge in [-0.05, 0) is 24.7 Å². The van der Waals surface area contributed by atoms with Crippen LogP contribution < -0.4 is 9.80 Å². The maximum atomic E-state index is 5.41. The van der Waals surface area contributed by atoms with Gasteiger partial charge in [0.05, 0.1) is 13.2 Å². The standard InChI is InChI=1S/C15H22N4O/c1-2-12-9-19(10-13(12)3-1)15-8-14(16-11-17-15)18-4-6-20-7-5-18/h8,11-13H,1-7,9-10H2. The lowest BCUT2D eigenvalue weighted by Crippen LogP contribution is -2.37. The van der Waals surface area contributed by atoms with Gasteiger partial charge in [-0.3, -0.25) is 0 Å². The molecule has 1 aromatic rings. The van der Waals surface area contributed by atoms with Crippen LogP contribution in [0.25, 0.3) is 0 Å². The number of rotatable bonds is 2. The Hall–Kier alpha value is -1.36. The molecular weight excluding hydrogens is 252 g/mol. The molecule has 0 N–H and O–H groups in total. The molecule has 2 atom stereocenters. The highest BCUT2D eigenvalue weighted by molar-refractivity contribution is 5.51. The normalized spacial score (nSPS) is 29.8. The summed E-state index contributed by atoms with van der Waals surface area (Å²) in [6.45, 7) is 5.83. The number of aromatic nitrogens is 2. The molecule has 2 unspecified atom stereocenters. The first kappa shape index (κ1) is 12.4. The number of anilines is 2. The molecule has 4 rings (SSSR count). The minimum Gasteiger partial charge on any atom is -0.378 e. The first-order valence-corrected chi connectivity index (χ1v) is 7.80. The summed E-state index contributed by atoms with van der Waals surface area (Å²) in [6.07, 6.45) is 5.95. The van der Waals surface area contributed by atoms with Gasteiger partial charge in [-0.15, -0.1) is 0 Å². The number of morpholine rings is 1. The molecule has 1 aromatic heterocycles. The Bertz CT molecular complexity index is 463. The first-order valence-electron chi connectivity index (χ1n) is 7.80. The molecule has 108 valence electrons. The van der Waals surface area contributed by atoms with E-state index < -0.39 is 0 Å². The summed E-state index contributed by atoms with van der Waals surface area (Å²) < 4.78 is 5.41. The van der Waals surface area contributed by atoms with Crippen LogP contribution >= 0.6 is 0 Å². The number of fused-ring (bicyclic) bond motifs is 1. The smallest absolute Gasteiger partial charge is 0.134 e. The van der Waals surface area contributed by atoms with Gasteiger partial charge in [0.2, 0.25) is 0 Å². The zero-order valence-corrected chi connectivity index (χ0v) is 11.9. The van der Waals surface area contributed by atoms with Gasteiger partial charge >= 0.3 is 0 Å². The fraction of sp³-hybridized carbons (Fsp3) is 0.733. The van der Waals surface area contributed by atoms with Crippen LogP contribution in [-0.2, 0) is 4.74 Å². The van der Waals surface area contributed by atoms with Crippen molar-refractivity contribution in [2.75, 3.05) is 49.2 Å². The molecule has 2 aliphatic heterocycles. The lowest BCUT2D eigenvalue weighted by atomic mass is 10.0. The highest BCUT2D eigenvalue weighted by atomic mass is 16.5. The molecule has 20 heavy (non-hydrogen) atoms. The molecule has 3 fully saturated rings. The Labute approximate surface area is 120 Å². The van der Waals surface area contributed by atoms with Crippen LogP contribution in [0.2, 0.25) is 0 Å². The van der Waals surface area contributed by atoms with Gasteiger partial charge in [-0.1, -0.05) is 6.42 Å². The van der Waals surface area contributed by atoms with E-state index in [-0.39, 0.29) is 0 Å². The average molecular weight is 274 g/mol. The number of hydrogen-bond donors (Lipinski definition) is 0. The third-order valence-electron chi connectivity index (χ3n) is 5.02. The van der Waals surface area contributed by atoms with E-state index in [2.05, 4.69) is 25.8 Å². The van der Waals surface area contributed by atoms with Crippen LogP contribution in [0.3, 0.4) is 0 Å². The Morgan fingerprint density at radius 1 is 0.950 bits per heavy atom. The second-order valence-electron chi connectivity index (χ2n) is 6.19. The van der Waals surface area contributed by atoms with Crippen LogP contribution in [0.1, 0.15) is 19.3 Å². The highest BCUT2D eigenvalue weighted by Crippen LogP contribution is 2.39. The van der Waals surface area contributed by atoms with Crippen LogP contribution in [0.15, 0.2) is 12.4 Å². The number of hydrogen-bond acceptors (Lipinski definition) is 5. The maximum absolute atomic E-state index is 5.41. The van der Waals surface area contributed by atoms with Crippen LogP contribution in [0, 0.1) is 11.8 Å². The molecule has 0 amide bonds. The van der Waals surface area contributed by atoms with Crippen molar-refractivity contribution >= 4 is 11.6 Å². The summed E-state index contributed by atoms with van der Waals surface area (Å²) in [4.78, 5) is 13.7. The van der Waals surface area contributed by atoms with Crippen LogP contribution in [-0.4, -0.2) is 49.4 Å². The third-order valence-corrected chi connectivity index (χ3v) is 5.02. The average Bonchev–Trinajstić information content (AvgIpc) is 3.10. The molecule has 0 aromatic carbocycles. The van der Waals surface area contributed by atoms with E-state index in [9.17, 15) is 0 Å². The Morgan fingerprint density at radius 3 is 2.30 bits per heavy atom. The van der Waals surface area contributed by atoms with Crippen LogP contribution in [0.5, 0.6) is 0 Å². The van der Waals surface area contributed by atoms with Crippen molar-refractivity contribution in [2.24, 2.45) is 11.8 Å². The van der Waals surface area contributed by atoms with E-state index in [4.69, 9.17) is 4.74 Å². The summed E-state index contributed by atoms with van der Waals surface area (Å²) in [7, 11) is 0. The van der Waals surface area contributed by atoms with E-state index in [0.717, 1.165) is 49.8 Å². The molecular formula is C15H22N4O. The molecule has 1 aliphatic carbocycles. The Morgan fingerprint density at radius 2 is 1.60 bits per heavy atom. The first-order chi connectivity index (χ1) is 9.90. The largest absolute Gasteiger partial charge is 0.378 e. The van der Waals surface area contributed by atoms with Crippen molar-refractivity contribution in [3.8, 4) is 0 Å². The van der Waals surface area contributed by atoms with E-state index in [0.29, 0.717) is 0 Å². The zero-order valence-electron chi connectivity index (χ0n) is 11.9. The fourth-order valence-corrected chi connectivity index (χ4v) is 3.90. The second kappa shape index (κ2) is 5.20. The van der Waals surface area contributed by atoms with E-state index >= 15 is 0 Å². The Balaban J connectivity index is 1.51. The maximum Gasteiger partial charge on any atom is 0.134 e. The predicted octanol–water partition coefficient (Wildman–Crippen LogP) is 1.55.